The minimum absolute atomic E-state index is 0.0853. The molecule has 0 aliphatic heterocycles. The molecule has 0 atom stereocenters. The van der Waals surface area contributed by atoms with Crippen LogP contribution in [0.5, 0.6) is 17.2 Å². The normalized spacial score (nSPS) is 10.2. The lowest BCUT2D eigenvalue weighted by Gasteiger charge is -2.08. The Balaban J connectivity index is 2.03. The highest BCUT2D eigenvalue weighted by Crippen LogP contribution is 2.31. The van der Waals surface area contributed by atoms with Crippen molar-refractivity contribution in [3.05, 3.63) is 56.5 Å². The first-order valence-corrected chi connectivity index (χ1v) is 8.09. The molecule has 7 nitrogen and oxygen atoms in total. The smallest absolute Gasteiger partial charge is 0.315 e. The Morgan fingerprint density at radius 3 is 2.44 bits per heavy atom. The van der Waals surface area contributed by atoms with Crippen molar-refractivity contribution in [2.45, 2.75) is 12.8 Å². The Morgan fingerprint density at radius 2 is 1.84 bits per heavy atom. The fourth-order valence-electron chi connectivity index (χ4n) is 2.14. The summed E-state index contributed by atoms with van der Waals surface area (Å²) in [6, 6.07) is 9.53. The van der Waals surface area contributed by atoms with Gasteiger partial charge in [0.2, 0.25) is 5.75 Å². The van der Waals surface area contributed by atoms with E-state index >= 15 is 0 Å². The highest BCUT2D eigenvalue weighted by atomic mass is 79.9. The number of hydrogen-bond donors (Lipinski definition) is 0. The van der Waals surface area contributed by atoms with Gasteiger partial charge in [-0.3, -0.25) is 14.9 Å². The number of nitrogens with zero attached hydrogens (tertiary/aromatic N) is 1. The van der Waals surface area contributed by atoms with Gasteiger partial charge in [0, 0.05) is 6.42 Å². The molecule has 2 aromatic carbocycles. The van der Waals surface area contributed by atoms with Gasteiger partial charge in [0.1, 0.15) is 11.5 Å². The average Bonchev–Trinajstić information content (AvgIpc) is 2.60. The number of aryl methyl sites for hydroxylation is 1. The SMILES string of the molecule is COc1ccc(OC(=O)CCc2ccc(OC)c(Br)c2)c([N+](=O)[O-])c1. The van der Waals surface area contributed by atoms with Crippen LogP contribution in [0, 0.1) is 10.1 Å². The molecule has 0 spiro atoms. The first kappa shape index (κ1) is 18.7. The van der Waals surface area contributed by atoms with E-state index in [2.05, 4.69) is 15.9 Å². The second-order valence-corrected chi connectivity index (χ2v) is 5.89. The highest BCUT2D eigenvalue weighted by molar-refractivity contribution is 9.10. The van der Waals surface area contributed by atoms with Gasteiger partial charge in [-0.25, -0.2) is 0 Å². The quantitative estimate of drug-likeness (QED) is 0.298. The van der Waals surface area contributed by atoms with Gasteiger partial charge in [-0.2, -0.15) is 0 Å². The van der Waals surface area contributed by atoms with E-state index in [0.717, 1.165) is 10.0 Å². The van der Waals surface area contributed by atoms with Crippen molar-refractivity contribution in [1.82, 2.24) is 0 Å². The van der Waals surface area contributed by atoms with E-state index in [-0.39, 0.29) is 17.9 Å². The molecule has 0 heterocycles. The van der Waals surface area contributed by atoms with E-state index in [1.165, 1.54) is 25.3 Å². The molecule has 8 heteroatoms. The molecule has 0 aliphatic carbocycles. The fourth-order valence-corrected chi connectivity index (χ4v) is 2.73. The van der Waals surface area contributed by atoms with Crippen LogP contribution >= 0.6 is 15.9 Å². The largest absolute Gasteiger partial charge is 0.496 e. The van der Waals surface area contributed by atoms with Gasteiger partial charge in [0.25, 0.3) is 0 Å². The summed E-state index contributed by atoms with van der Waals surface area (Å²) in [7, 11) is 2.97. The maximum Gasteiger partial charge on any atom is 0.315 e. The van der Waals surface area contributed by atoms with E-state index in [1.54, 1.807) is 13.2 Å². The van der Waals surface area contributed by atoms with Gasteiger partial charge in [0.05, 0.1) is 29.7 Å². The summed E-state index contributed by atoms with van der Waals surface area (Å²) >= 11 is 3.38. The van der Waals surface area contributed by atoms with Gasteiger partial charge in [-0.1, -0.05) is 6.07 Å². The molecule has 0 bridgehead atoms. The molecule has 132 valence electrons. The predicted octanol–water partition coefficient (Wildman–Crippen LogP) is 3.91. The number of ether oxygens (including phenoxy) is 3. The highest BCUT2D eigenvalue weighted by Gasteiger charge is 2.19. The van der Waals surface area contributed by atoms with Gasteiger partial charge < -0.3 is 14.2 Å². The lowest BCUT2D eigenvalue weighted by atomic mass is 10.1. The summed E-state index contributed by atoms with van der Waals surface area (Å²) in [6.07, 6.45) is 0.521. The Morgan fingerprint density at radius 1 is 1.12 bits per heavy atom. The first-order valence-electron chi connectivity index (χ1n) is 7.30. The first-order chi connectivity index (χ1) is 11.9. The number of esters is 1. The number of benzene rings is 2. The van der Waals surface area contributed by atoms with E-state index in [4.69, 9.17) is 14.2 Å². The molecule has 0 radical (unpaired) electrons. The maximum atomic E-state index is 12.0. The lowest BCUT2D eigenvalue weighted by molar-refractivity contribution is -0.385. The second-order valence-electron chi connectivity index (χ2n) is 5.03. The van der Waals surface area contributed by atoms with E-state index in [1.807, 2.05) is 12.1 Å². The van der Waals surface area contributed by atoms with E-state index in [0.29, 0.717) is 17.9 Å². The zero-order valence-corrected chi connectivity index (χ0v) is 15.2. The summed E-state index contributed by atoms with van der Waals surface area (Å²) in [4.78, 5) is 22.5. The molecular weight excluding hydrogens is 394 g/mol. The number of rotatable bonds is 7. The Bertz CT molecular complexity index is 793. The van der Waals surface area contributed by atoms with E-state index < -0.39 is 10.9 Å². The van der Waals surface area contributed by atoms with Crippen LogP contribution in [0.1, 0.15) is 12.0 Å². The third-order valence-corrected chi connectivity index (χ3v) is 4.04. The van der Waals surface area contributed by atoms with Crippen LogP contribution in [-0.2, 0) is 11.2 Å². The van der Waals surface area contributed by atoms with Crippen molar-refractivity contribution in [2.24, 2.45) is 0 Å². The summed E-state index contributed by atoms with van der Waals surface area (Å²) < 4.78 is 16.0. The van der Waals surface area contributed by atoms with Crippen LogP contribution in [0.25, 0.3) is 0 Å². The summed E-state index contributed by atoms with van der Waals surface area (Å²) in [5.41, 5.74) is 0.591. The van der Waals surface area contributed by atoms with Crippen molar-refractivity contribution in [1.29, 1.82) is 0 Å². The molecular formula is C17H16BrNO6. The molecule has 0 saturated heterocycles. The summed E-state index contributed by atoms with van der Waals surface area (Å²) in [6.45, 7) is 0. The van der Waals surface area contributed by atoms with Crippen molar-refractivity contribution in [3.8, 4) is 17.2 Å². The van der Waals surface area contributed by atoms with Crippen LogP contribution in [-0.4, -0.2) is 25.1 Å². The second kappa shape index (κ2) is 8.48. The van der Waals surface area contributed by atoms with E-state index in [9.17, 15) is 14.9 Å². The van der Waals surface area contributed by atoms with Crippen molar-refractivity contribution >= 4 is 27.6 Å². The average molecular weight is 410 g/mol. The van der Waals surface area contributed by atoms with Gasteiger partial charge in [-0.05, 0) is 52.2 Å². The number of carbonyl (C=O) groups is 1. The summed E-state index contributed by atoms with van der Waals surface area (Å²) in [5, 5.41) is 11.1. The number of carbonyl (C=O) groups excluding carboxylic acids is 1. The standard InChI is InChI=1S/C17H16BrNO6/c1-23-12-5-7-16(14(10-12)19(21)22)25-17(20)8-4-11-3-6-15(24-2)13(18)9-11/h3,5-7,9-10H,4,8H2,1-2H3. The van der Waals surface area contributed by atoms with Crippen molar-refractivity contribution in [3.63, 3.8) is 0 Å². The van der Waals surface area contributed by atoms with Gasteiger partial charge in [-0.15, -0.1) is 0 Å². The molecule has 2 rings (SSSR count). The number of methoxy groups -OCH3 is 2. The Kier molecular flexibility index (Phi) is 6.35. The number of nitro benzene ring substituents is 1. The molecule has 0 aromatic heterocycles. The van der Waals surface area contributed by atoms with Gasteiger partial charge >= 0.3 is 11.7 Å². The van der Waals surface area contributed by atoms with Crippen molar-refractivity contribution < 1.29 is 23.9 Å². The predicted molar refractivity (Wildman–Crippen MR) is 94.3 cm³/mol. The van der Waals surface area contributed by atoms with Crippen molar-refractivity contribution in [2.75, 3.05) is 14.2 Å². The molecule has 0 saturated carbocycles. The maximum absolute atomic E-state index is 12.0. The van der Waals surface area contributed by atoms with Crippen LogP contribution in [0.4, 0.5) is 5.69 Å². The summed E-state index contributed by atoms with van der Waals surface area (Å²) in [5.74, 6) is 0.349. The Labute approximate surface area is 152 Å². The number of nitro groups is 1. The minimum Gasteiger partial charge on any atom is -0.496 e. The lowest BCUT2D eigenvalue weighted by Crippen LogP contribution is -2.10. The third-order valence-electron chi connectivity index (χ3n) is 3.42. The molecule has 0 aliphatic rings. The molecule has 0 fully saturated rings. The topological polar surface area (TPSA) is 87.9 Å². The molecule has 25 heavy (non-hydrogen) atoms. The van der Waals surface area contributed by atoms with Gasteiger partial charge in [0.15, 0.2) is 0 Å². The number of halogens is 1. The van der Waals surface area contributed by atoms with Crippen LogP contribution in [0.15, 0.2) is 40.9 Å². The van der Waals surface area contributed by atoms with Crippen LogP contribution in [0.3, 0.4) is 0 Å². The zero-order valence-electron chi connectivity index (χ0n) is 13.7. The molecule has 0 amide bonds. The van der Waals surface area contributed by atoms with Crippen LogP contribution < -0.4 is 14.2 Å². The Hall–Kier alpha value is -2.61. The monoisotopic (exact) mass is 409 g/mol. The fraction of sp³-hybridized carbons (Fsp3) is 0.235. The minimum atomic E-state index is -0.619. The van der Waals surface area contributed by atoms with Crippen LogP contribution in [0.2, 0.25) is 0 Å². The third kappa shape index (κ3) is 4.93. The molecule has 0 unspecified atom stereocenters. The number of hydrogen-bond acceptors (Lipinski definition) is 6. The zero-order chi connectivity index (χ0) is 18.4. The molecule has 2 aromatic rings. The molecule has 0 N–H and O–H groups in total.